The van der Waals surface area contributed by atoms with Crippen LogP contribution in [0.1, 0.15) is 19.8 Å². The molecule has 0 bridgehead atoms. The van der Waals surface area contributed by atoms with Crippen LogP contribution in [0.4, 0.5) is 0 Å². The third-order valence-corrected chi connectivity index (χ3v) is 4.59. The lowest BCUT2D eigenvalue weighted by molar-refractivity contribution is -0.134. The zero-order chi connectivity index (χ0) is 12.9. The Labute approximate surface area is 107 Å². The Morgan fingerprint density at radius 1 is 1.33 bits per heavy atom. The lowest BCUT2D eigenvalue weighted by Gasteiger charge is -2.22. The number of nitrogens with one attached hydrogen (secondary N) is 1. The molecule has 2 amide bonds. The molecule has 0 radical (unpaired) electrons. The van der Waals surface area contributed by atoms with E-state index in [0.717, 1.165) is 12.8 Å². The molecule has 0 aromatic rings. The Morgan fingerprint density at radius 3 is 2.67 bits per heavy atom. The highest BCUT2D eigenvalue weighted by Gasteiger charge is 2.53. The number of hydrogen-bond donors (Lipinski definition) is 1. The van der Waals surface area contributed by atoms with Crippen LogP contribution < -0.4 is 5.32 Å². The molecule has 2 saturated heterocycles. The van der Waals surface area contributed by atoms with Crippen molar-refractivity contribution in [3.8, 4) is 0 Å². The van der Waals surface area contributed by atoms with Gasteiger partial charge in [0, 0.05) is 26.1 Å². The molecule has 100 valence electrons. The average Bonchev–Trinajstić information content (AvgIpc) is 2.80. The van der Waals surface area contributed by atoms with Crippen molar-refractivity contribution < 1.29 is 14.3 Å². The second-order valence-corrected chi connectivity index (χ2v) is 5.72. The van der Waals surface area contributed by atoms with Crippen molar-refractivity contribution in [1.82, 2.24) is 10.2 Å². The summed E-state index contributed by atoms with van der Waals surface area (Å²) in [6.07, 6.45) is 1.77. The highest BCUT2D eigenvalue weighted by Crippen LogP contribution is 2.42. The summed E-state index contributed by atoms with van der Waals surface area (Å²) in [7, 11) is 1.64. The van der Waals surface area contributed by atoms with E-state index in [2.05, 4.69) is 12.2 Å². The SMILES string of the molecule is CNC(=O)[C@H]1CN(C(=O)[C@@H]2C[C@H]2C)[C@@H]2CCO[C@H]12. The van der Waals surface area contributed by atoms with Crippen molar-refractivity contribution in [2.24, 2.45) is 17.8 Å². The lowest BCUT2D eigenvalue weighted by atomic mass is 10.0. The molecule has 1 aliphatic carbocycles. The first kappa shape index (κ1) is 12.0. The minimum absolute atomic E-state index is 0.00829. The fraction of sp³-hybridized carbons (Fsp3) is 0.846. The van der Waals surface area contributed by atoms with Crippen LogP contribution in [-0.4, -0.2) is 49.1 Å². The number of nitrogens with zero attached hydrogens (tertiary/aromatic N) is 1. The van der Waals surface area contributed by atoms with Crippen LogP contribution in [0.15, 0.2) is 0 Å². The van der Waals surface area contributed by atoms with Gasteiger partial charge in [-0.3, -0.25) is 9.59 Å². The van der Waals surface area contributed by atoms with E-state index in [9.17, 15) is 9.59 Å². The molecule has 3 aliphatic rings. The standard InChI is InChI=1S/C13H20N2O3/c1-7-5-8(7)13(17)15-6-9(12(16)14-2)11-10(15)3-4-18-11/h7-11H,3-6H2,1-2H3,(H,14,16)/t7-,8-,9+,10-,11-/m1/s1. The van der Waals surface area contributed by atoms with E-state index in [4.69, 9.17) is 4.74 Å². The number of hydrogen-bond acceptors (Lipinski definition) is 3. The number of likely N-dealkylation sites (tertiary alicyclic amines) is 1. The molecular formula is C13H20N2O3. The summed E-state index contributed by atoms with van der Waals surface area (Å²) >= 11 is 0. The third-order valence-electron chi connectivity index (χ3n) is 4.59. The molecule has 5 atom stereocenters. The van der Waals surface area contributed by atoms with Crippen LogP contribution in [-0.2, 0) is 14.3 Å². The van der Waals surface area contributed by atoms with Gasteiger partial charge in [-0.25, -0.2) is 0 Å². The maximum absolute atomic E-state index is 12.4. The molecule has 0 aromatic heterocycles. The van der Waals surface area contributed by atoms with Gasteiger partial charge in [0.1, 0.15) is 0 Å². The van der Waals surface area contributed by atoms with E-state index >= 15 is 0 Å². The molecule has 0 spiro atoms. The van der Waals surface area contributed by atoms with Gasteiger partial charge in [-0.05, 0) is 18.8 Å². The molecule has 0 unspecified atom stereocenters. The van der Waals surface area contributed by atoms with Gasteiger partial charge in [0.25, 0.3) is 0 Å². The zero-order valence-electron chi connectivity index (χ0n) is 10.9. The normalized spacial score (nSPS) is 41.7. The molecule has 2 aliphatic heterocycles. The Bertz CT molecular complexity index is 384. The van der Waals surface area contributed by atoms with Gasteiger partial charge < -0.3 is 15.0 Å². The number of carbonyl (C=O) groups excluding carboxylic acids is 2. The average molecular weight is 252 g/mol. The Morgan fingerprint density at radius 2 is 2.06 bits per heavy atom. The van der Waals surface area contributed by atoms with Crippen molar-refractivity contribution in [3.63, 3.8) is 0 Å². The Hall–Kier alpha value is -1.10. The van der Waals surface area contributed by atoms with Gasteiger partial charge in [0.05, 0.1) is 18.1 Å². The predicted octanol–water partition coefficient (Wildman–Crippen LogP) is 0.00430. The molecule has 3 rings (SSSR count). The second-order valence-electron chi connectivity index (χ2n) is 5.72. The summed E-state index contributed by atoms with van der Waals surface area (Å²) in [6.45, 7) is 3.29. The minimum atomic E-state index is -0.194. The van der Waals surface area contributed by atoms with Crippen molar-refractivity contribution in [3.05, 3.63) is 0 Å². The second kappa shape index (κ2) is 4.23. The van der Waals surface area contributed by atoms with Gasteiger partial charge in [0.2, 0.25) is 11.8 Å². The number of amides is 2. The van der Waals surface area contributed by atoms with Crippen molar-refractivity contribution in [2.45, 2.75) is 31.9 Å². The van der Waals surface area contributed by atoms with Crippen LogP contribution in [0.3, 0.4) is 0 Å². The monoisotopic (exact) mass is 252 g/mol. The summed E-state index contributed by atoms with van der Waals surface area (Å²) in [5.74, 6) is 0.730. The van der Waals surface area contributed by atoms with Crippen molar-refractivity contribution in [1.29, 1.82) is 0 Å². The van der Waals surface area contributed by atoms with Crippen molar-refractivity contribution in [2.75, 3.05) is 20.2 Å². The highest BCUT2D eigenvalue weighted by atomic mass is 16.5. The van der Waals surface area contributed by atoms with Crippen LogP contribution in [0.5, 0.6) is 0 Å². The third kappa shape index (κ3) is 1.72. The summed E-state index contributed by atoms with van der Waals surface area (Å²) in [4.78, 5) is 26.1. The van der Waals surface area contributed by atoms with E-state index in [1.807, 2.05) is 4.90 Å². The summed E-state index contributed by atoms with van der Waals surface area (Å²) < 4.78 is 5.67. The molecular weight excluding hydrogens is 232 g/mol. The van der Waals surface area contributed by atoms with Gasteiger partial charge in [-0.2, -0.15) is 0 Å². The quantitative estimate of drug-likeness (QED) is 0.753. The molecule has 5 nitrogen and oxygen atoms in total. The maximum atomic E-state index is 12.4. The van der Waals surface area contributed by atoms with E-state index in [1.54, 1.807) is 7.05 Å². The lowest BCUT2D eigenvalue weighted by Crippen LogP contribution is -2.38. The maximum Gasteiger partial charge on any atom is 0.227 e. The number of fused-ring (bicyclic) bond motifs is 1. The Kier molecular flexibility index (Phi) is 2.81. The molecule has 1 N–H and O–H groups in total. The van der Waals surface area contributed by atoms with Gasteiger partial charge in [-0.15, -0.1) is 0 Å². The minimum Gasteiger partial charge on any atom is -0.375 e. The number of ether oxygens (including phenoxy) is 1. The molecule has 18 heavy (non-hydrogen) atoms. The fourth-order valence-electron chi connectivity index (χ4n) is 3.32. The topological polar surface area (TPSA) is 58.6 Å². The van der Waals surface area contributed by atoms with E-state index in [-0.39, 0.29) is 35.8 Å². The summed E-state index contributed by atoms with van der Waals surface area (Å²) in [5.41, 5.74) is 0. The van der Waals surface area contributed by atoms with Crippen molar-refractivity contribution >= 4 is 11.8 Å². The van der Waals surface area contributed by atoms with Gasteiger partial charge in [-0.1, -0.05) is 6.92 Å². The molecule has 5 heteroatoms. The summed E-state index contributed by atoms with van der Waals surface area (Å²) in [6, 6.07) is 0.118. The first-order valence-corrected chi connectivity index (χ1v) is 6.77. The van der Waals surface area contributed by atoms with Crippen LogP contribution in [0.25, 0.3) is 0 Å². The van der Waals surface area contributed by atoms with Gasteiger partial charge in [0.15, 0.2) is 0 Å². The predicted molar refractivity (Wildman–Crippen MR) is 64.7 cm³/mol. The van der Waals surface area contributed by atoms with E-state index in [0.29, 0.717) is 19.1 Å². The highest BCUT2D eigenvalue weighted by molar-refractivity contribution is 5.85. The van der Waals surface area contributed by atoms with Crippen LogP contribution >= 0.6 is 0 Å². The largest absolute Gasteiger partial charge is 0.375 e. The van der Waals surface area contributed by atoms with E-state index < -0.39 is 0 Å². The summed E-state index contributed by atoms with van der Waals surface area (Å²) in [5, 5.41) is 2.68. The van der Waals surface area contributed by atoms with Crippen LogP contribution in [0.2, 0.25) is 0 Å². The number of rotatable bonds is 2. The molecule has 2 heterocycles. The first-order chi connectivity index (χ1) is 8.63. The zero-order valence-corrected chi connectivity index (χ0v) is 10.9. The first-order valence-electron chi connectivity index (χ1n) is 6.77. The van der Waals surface area contributed by atoms with Crippen LogP contribution in [0, 0.1) is 17.8 Å². The molecule has 3 fully saturated rings. The number of carbonyl (C=O) groups is 2. The fourth-order valence-corrected chi connectivity index (χ4v) is 3.32. The van der Waals surface area contributed by atoms with E-state index in [1.165, 1.54) is 0 Å². The Balaban J connectivity index is 1.76. The molecule has 0 aromatic carbocycles. The molecule has 1 saturated carbocycles. The smallest absolute Gasteiger partial charge is 0.227 e. The van der Waals surface area contributed by atoms with Gasteiger partial charge >= 0.3 is 0 Å².